The molecule has 184 valence electrons. The van der Waals surface area contributed by atoms with Crippen LogP contribution in [0.2, 0.25) is 0 Å². The van der Waals surface area contributed by atoms with E-state index in [2.05, 4.69) is 44.3 Å². The number of piperidine rings is 1. The largest absolute Gasteiger partial charge is 0.378 e. The van der Waals surface area contributed by atoms with E-state index in [0.717, 1.165) is 44.0 Å². The third kappa shape index (κ3) is 4.60. The van der Waals surface area contributed by atoms with Crippen molar-refractivity contribution >= 4 is 29.1 Å². The summed E-state index contributed by atoms with van der Waals surface area (Å²) in [5.74, 6) is -1.60. The number of amides is 3. The number of hydrogen-bond acceptors (Lipinski definition) is 6. The first-order chi connectivity index (χ1) is 16.8. The number of halogens is 1. The van der Waals surface area contributed by atoms with E-state index in [0.29, 0.717) is 5.56 Å². The lowest BCUT2D eigenvalue weighted by Gasteiger charge is -2.37. The Balaban J connectivity index is 1.29. The van der Waals surface area contributed by atoms with Crippen LogP contribution in [0.25, 0.3) is 0 Å². The van der Waals surface area contributed by atoms with Crippen molar-refractivity contribution in [2.24, 2.45) is 0 Å². The Morgan fingerprint density at radius 3 is 2.54 bits per heavy atom. The van der Waals surface area contributed by atoms with Gasteiger partial charge in [0.05, 0.1) is 0 Å². The van der Waals surface area contributed by atoms with E-state index in [9.17, 15) is 18.8 Å². The Morgan fingerprint density at radius 1 is 1.06 bits per heavy atom. The zero-order valence-electron chi connectivity index (χ0n) is 20.1. The zero-order chi connectivity index (χ0) is 24.7. The highest BCUT2D eigenvalue weighted by Gasteiger charge is 2.41. The predicted octanol–water partition coefficient (Wildman–Crippen LogP) is 1.97. The molecule has 0 aromatic heterocycles. The van der Waals surface area contributed by atoms with E-state index in [1.807, 2.05) is 14.1 Å². The fourth-order valence-electron chi connectivity index (χ4n) is 5.23. The predicted molar refractivity (Wildman–Crippen MR) is 131 cm³/mol. The van der Waals surface area contributed by atoms with Crippen molar-refractivity contribution in [3.05, 3.63) is 58.9 Å². The molecule has 0 bridgehead atoms. The molecular formula is C26H30FN5O3. The Bertz CT molecular complexity index is 1180. The summed E-state index contributed by atoms with van der Waals surface area (Å²) in [6.45, 7) is 4.17. The Hall–Kier alpha value is -3.46. The van der Waals surface area contributed by atoms with Gasteiger partial charge in [0.15, 0.2) is 0 Å². The monoisotopic (exact) mass is 479 g/mol. The van der Waals surface area contributed by atoms with Gasteiger partial charge in [-0.2, -0.15) is 0 Å². The number of piperazine rings is 1. The highest BCUT2D eigenvalue weighted by atomic mass is 19.1. The van der Waals surface area contributed by atoms with Gasteiger partial charge in [-0.1, -0.05) is 12.1 Å². The van der Waals surface area contributed by atoms with Crippen LogP contribution >= 0.6 is 0 Å². The second-order valence-electron chi connectivity index (χ2n) is 9.68. The minimum absolute atomic E-state index is 0.192. The molecule has 1 unspecified atom stereocenters. The standard InChI is InChI=1S/C26H30FN5O3/c1-29(2)19-5-3-4-17(12-19)15-30-8-10-31(11-9-30)23-14-18(27)13-20-21(23)16-32(26(20)35)22-6-7-24(33)28-25(22)34/h3-5,12-14,22H,6-11,15-16H2,1-2H3,(H,28,33,34). The van der Waals surface area contributed by atoms with Crippen LogP contribution in [0.15, 0.2) is 36.4 Å². The highest BCUT2D eigenvalue weighted by Crippen LogP contribution is 2.35. The summed E-state index contributed by atoms with van der Waals surface area (Å²) in [5.41, 5.74) is 4.21. The van der Waals surface area contributed by atoms with Crippen LogP contribution in [0.4, 0.5) is 15.8 Å². The van der Waals surface area contributed by atoms with E-state index in [1.165, 1.54) is 28.3 Å². The fourth-order valence-corrected chi connectivity index (χ4v) is 5.23. The van der Waals surface area contributed by atoms with Crippen LogP contribution in [0.1, 0.15) is 34.3 Å². The molecule has 2 saturated heterocycles. The number of anilines is 2. The number of imide groups is 1. The fraction of sp³-hybridized carbons (Fsp3) is 0.423. The number of rotatable bonds is 5. The number of nitrogens with one attached hydrogen (secondary N) is 1. The summed E-state index contributed by atoms with van der Waals surface area (Å²) in [6, 6.07) is 10.5. The van der Waals surface area contributed by atoms with Crippen molar-refractivity contribution in [3.8, 4) is 0 Å². The van der Waals surface area contributed by atoms with Crippen LogP contribution in [0.5, 0.6) is 0 Å². The minimum Gasteiger partial charge on any atom is -0.378 e. The number of carbonyl (C=O) groups excluding carboxylic acids is 3. The molecule has 35 heavy (non-hydrogen) atoms. The van der Waals surface area contributed by atoms with Crippen molar-refractivity contribution in [2.45, 2.75) is 32.0 Å². The number of benzene rings is 2. The van der Waals surface area contributed by atoms with Gasteiger partial charge in [0.2, 0.25) is 11.8 Å². The summed E-state index contributed by atoms with van der Waals surface area (Å²) in [5, 5.41) is 2.31. The Kier molecular flexibility index (Phi) is 6.19. The SMILES string of the molecule is CN(C)c1cccc(CN2CCN(c3cc(F)cc4c3CN(C3CCC(=O)NC3=O)C4=O)CC2)c1. The lowest BCUT2D eigenvalue weighted by molar-refractivity contribution is -0.136. The van der Waals surface area contributed by atoms with Crippen LogP contribution in [-0.2, 0) is 22.7 Å². The van der Waals surface area contributed by atoms with Gasteiger partial charge in [-0.25, -0.2) is 4.39 Å². The molecule has 9 heteroatoms. The van der Waals surface area contributed by atoms with E-state index >= 15 is 0 Å². The van der Waals surface area contributed by atoms with Crippen molar-refractivity contribution in [1.29, 1.82) is 0 Å². The molecule has 0 spiro atoms. The van der Waals surface area contributed by atoms with Crippen LogP contribution in [-0.4, -0.2) is 73.8 Å². The first kappa shape index (κ1) is 23.3. The van der Waals surface area contributed by atoms with Gasteiger partial charge in [-0.05, 0) is 36.2 Å². The van der Waals surface area contributed by atoms with Crippen molar-refractivity contribution in [2.75, 3.05) is 50.1 Å². The molecule has 2 aromatic rings. The number of fused-ring (bicyclic) bond motifs is 1. The molecule has 1 N–H and O–H groups in total. The summed E-state index contributed by atoms with van der Waals surface area (Å²) in [6.07, 6.45) is 0.479. The van der Waals surface area contributed by atoms with Gasteiger partial charge in [-0.15, -0.1) is 0 Å². The molecule has 5 rings (SSSR count). The summed E-state index contributed by atoms with van der Waals surface area (Å²) in [7, 11) is 4.06. The summed E-state index contributed by atoms with van der Waals surface area (Å²) in [4.78, 5) is 45.1. The van der Waals surface area contributed by atoms with Gasteiger partial charge >= 0.3 is 0 Å². The lowest BCUT2D eigenvalue weighted by atomic mass is 10.0. The maximum absolute atomic E-state index is 14.6. The normalized spacial score (nSPS) is 20.8. The van der Waals surface area contributed by atoms with Crippen LogP contribution < -0.4 is 15.1 Å². The molecule has 2 aromatic carbocycles. The average molecular weight is 480 g/mol. The molecule has 0 saturated carbocycles. The first-order valence-electron chi connectivity index (χ1n) is 12.0. The minimum atomic E-state index is -0.710. The molecule has 2 fully saturated rings. The van der Waals surface area contributed by atoms with Crippen molar-refractivity contribution < 1.29 is 18.8 Å². The topological polar surface area (TPSA) is 76.2 Å². The van der Waals surface area contributed by atoms with Gasteiger partial charge in [-0.3, -0.25) is 24.6 Å². The van der Waals surface area contributed by atoms with Gasteiger partial charge in [0, 0.05) is 82.3 Å². The third-order valence-corrected chi connectivity index (χ3v) is 7.14. The molecule has 1 atom stereocenters. The van der Waals surface area contributed by atoms with Crippen molar-refractivity contribution in [1.82, 2.24) is 15.1 Å². The highest BCUT2D eigenvalue weighted by molar-refractivity contribution is 6.06. The van der Waals surface area contributed by atoms with Gasteiger partial charge < -0.3 is 14.7 Å². The molecule has 3 aliphatic rings. The van der Waals surface area contributed by atoms with Gasteiger partial charge in [0.25, 0.3) is 5.91 Å². The quantitative estimate of drug-likeness (QED) is 0.661. The third-order valence-electron chi connectivity index (χ3n) is 7.14. The van der Waals surface area contributed by atoms with E-state index in [-0.39, 0.29) is 31.2 Å². The maximum Gasteiger partial charge on any atom is 0.255 e. The maximum atomic E-state index is 14.6. The Morgan fingerprint density at radius 2 is 1.83 bits per heavy atom. The lowest BCUT2D eigenvalue weighted by Crippen LogP contribution is -2.52. The summed E-state index contributed by atoms with van der Waals surface area (Å²) < 4.78 is 14.6. The Labute approximate surface area is 204 Å². The first-order valence-corrected chi connectivity index (χ1v) is 12.0. The van der Waals surface area contributed by atoms with E-state index in [1.54, 1.807) is 0 Å². The zero-order valence-corrected chi connectivity index (χ0v) is 20.1. The second kappa shape index (κ2) is 9.30. The van der Waals surface area contributed by atoms with Crippen molar-refractivity contribution in [3.63, 3.8) is 0 Å². The molecule has 3 aliphatic heterocycles. The van der Waals surface area contributed by atoms with Crippen LogP contribution in [0, 0.1) is 5.82 Å². The molecule has 0 radical (unpaired) electrons. The number of hydrogen-bond donors (Lipinski definition) is 1. The molecule has 8 nitrogen and oxygen atoms in total. The number of nitrogens with zero attached hydrogens (tertiary/aromatic N) is 4. The molecule has 0 aliphatic carbocycles. The number of carbonyl (C=O) groups is 3. The smallest absolute Gasteiger partial charge is 0.255 e. The molecule has 3 amide bonds. The molecule has 3 heterocycles. The van der Waals surface area contributed by atoms with E-state index < -0.39 is 17.8 Å². The summed E-state index contributed by atoms with van der Waals surface area (Å²) >= 11 is 0. The average Bonchev–Trinajstić information content (AvgIpc) is 3.15. The second-order valence-corrected chi connectivity index (χ2v) is 9.68. The van der Waals surface area contributed by atoms with E-state index in [4.69, 9.17) is 0 Å². The van der Waals surface area contributed by atoms with Gasteiger partial charge in [0.1, 0.15) is 11.9 Å². The molecular weight excluding hydrogens is 449 g/mol. The van der Waals surface area contributed by atoms with Crippen LogP contribution in [0.3, 0.4) is 0 Å².